The molecular weight excluding hydrogens is 208 g/mol. The van der Waals surface area contributed by atoms with Gasteiger partial charge in [0.05, 0.1) is 0 Å². The first-order chi connectivity index (χ1) is 8.21. The van der Waals surface area contributed by atoms with Crippen LogP contribution in [0.1, 0.15) is 59.3 Å². The van der Waals surface area contributed by atoms with Crippen LogP contribution in [0.2, 0.25) is 0 Å². The summed E-state index contributed by atoms with van der Waals surface area (Å²) >= 11 is 0. The second-order valence-electron chi connectivity index (χ2n) is 5.69. The van der Waals surface area contributed by atoms with Crippen molar-refractivity contribution in [2.45, 2.75) is 71.4 Å². The molecule has 1 saturated carbocycles. The second kappa shape index (κ2) is 8.10. The average molecular weight is 240 g/mol. The molecule has 0 amide bonds. The smallest absolute Gasteiger partial charge is 0.00934 e. The van der Waals surface area contributed by atoms with E-state index in [0.717, 1.165) is 24.5 Å². The first-order valence-electron chi connectivity index (χ1n) is 7.64. The largest absolute Gasteiger partial charge is 0.314 e. The zero-order valence-corrected chi connectivity index (χ0v) is 12.3. The first-order valence-corrected chi connectivity index (χ1v) is 7.64. The fourth-order valence-corrected chi connectivity index (χ4v) is 3.11. The molecule has 17 heavy (non-hydrogen) atoms. The van der Waals surface area contributed by atoms with Crippen molar-refractivity contribution in [2.24, 2.45) is 5.92 Å². The van der Waals surface area contributed by atoms with Gasteiger partial charge < -0.3 is 10.2 Å². The SMILES string of the molecule is CCNC1CCC(N(C)CC(CC)CC)CC1. The third-order valence-corrected chi connectivity index (χ3v) is 4.51. The molecule has 102 valence electrons. The molecule has 1 aliphatic carbocycles. The summed E-state index contributed by atoms with van der Waals surface area (Å²) in [4.78, 5) is 2.62. The Morgan fingerprint density at radius 1 is 1.06 bits per heavy atom. The van der Waals surface area contributed by atoms with Crippen molar-refractivity contribution in [2.75, 3.05) is 20.1 Å². The van der Waals surface area contributed by atoms with Crippen LogP contribution in [0, 0.1) is 5.92 Å². The molecule has 0 atom stereocenters. The lowest BCUT2D eigenvalue weighted by atomic mass is 9.89. The number of rotatable bonds is 7. The highest BCUT2D eigenvalue weighted by molar-refractivity contribution is 4.82. The average Bonchev–Trinajstić information content (AvgIpc) is 2.37. The molecule has 0 saturated heterocycles. The molecule has 1 aliphatic rings. The van der Waals surface area contributed by atoms with Gasteiger partial charge in [0, 0.05) is 18.6 Å². The zero-order valence-electron chi connectivity index (χ0n) is 12.3. The third kappa shape index (κ3) is 4.97. The van der Waals surface area contributed by atoms with E-state index < -0.39 is 0 Å². The minimum Gasteiger partial charge on any atom is -0.314 e. The van der Waals surface area contributed by atoms with Gasteiger partial charge in [0.25, 0.3) is 0 Å². The fourth-order valence-electron chi connectivity index (χ4n) is 3.11. The van der Waals surface area contributed by atoms with Crippen LogP contribution < -0.4 is 5.32 Å². The van der Waals surface area contributed by atoms with Crippen LogP contribution >= 0.6 is 0 Å². The summed E-state index contributed by atoms with van der Waals surface area (Å²) in [5, 5.41) is 3.59. The van der Waals surface area contributed by atoms with E-state index in [-0.39, 0.29) is 0 Å². The molecule has 0 aromatic carbocycles. The Morgan fingerprint density at radius 2 is 1.65 bits per heavy atom. The quantitative estimate of drug-likeness (QED) is 0.735. The molecule has 0 aliphatic heterocycles. The highest BCUT2D eigenvalue weighted by atomic mass is 15.1. The molecule has 1 N–H and O–H groups in total. The number of hydrogen-bond donors (Lipinski definition) is 1. The summed E-state index contributed by atoms with van der Waals surface area (Å²) in [7, 11) is 2.33. The molecule has 0 aromatic heterocycles. The van der Waals surface area contributed by atoms with Gasteiger partial charge in [-0.3, -0.25) is 0 Å². The molecule has 1 fully saturated rings. The van der Waals surface area contributed by atoms with Crippen LogP contribution in [-0.4, -0.2) is 37.1 Å². The van der Waals surface area contributed by atoms with E-state index in [9.17, 15) is 0 Å². The van der Waals surface area contributed by atoms with E-state index in [0.29, 0.717) is 0 Å². The lowest BCUT2D eigenvalue weighted by molar-refractivity contribution is 0.150. The second-order valence-corrected chi connectivity index (χ2v) is 5.69. The zero-order chi connectivity index (χ0) is 12.7. The van der Waals surface area contributed by atoms with Gasteiger partial charge in [-0.25, -0.2) is 0 Å². The summed E-state index contributed by atoms with van der Waals surface area (Å²) in [5.74, 6) is 0.895. The lowest BCUT2D eigenvalue weighted by Gasteiger charge is -2.36. The van der Waals surface area contributed by atoms with Crippen molar-refractivity contribution in [3.8, 4) is 0 Å². The molecule has 2 heteroatoms. The van der Waals surface area contributed by atoms with Crippen LogP contribution in [0.4, 0.5) is 0 Å². The molecule has 0 radical (unpaired) electrons. The minimum atomic E-state index is 0.790. The predicted octanol–water partition coefficient (Wildman–Crippen LogP) is 3.28. The van der Waals surface area contributed by atoms with E-state index in [2.05, 4.69) is 38.0 Å². The van der Waals surface area contributed by atoms with Crippen molar-refractivity contribution >= 4 is 0 Å². The van der Waals surface area contributed by atoms with Crippen LogP contribution in [0.3, 0.4) is 0 Å². The Hall–Kier alpha value is -0.0800. The number of hydrogen-bond acceptors (Lipinski definition) is 2. The molecule has 0 heterocycles. The molecule has 0 bridgehead atoms. The van der Waals surface area contributed by atoms with Gasteiger partial charge in [0.15, 0.2) is 0 Å². The summed E-state index contributed by atoms with van der Waals surface area (Å²) in [6.07, 6.45) is 8.15. The Kier molecular flexibility index (Phi) is 7.14. The standard InChI is InChI=1S/C15H32N2/c1-5-13(6-2)12-17(4)15-10-8-14(9-11-15)16-7-3/h13-16H,5-12H2,1-4H3. The van der Waals surface area contributed by atoms with Gasteiger partial charge in [0.1, 0.15) is 0 Å². The van der Waals surface area contributed by atoms with Crippen molar-refractivity contribution in [3.05, 3.63) is 0 Å². The van der Waals surface area contributed by atoms with Crippen LogP contribution in [0.25, 0.3) is 0 Å². The first kappa shape index (κ1) is 15.0. The van der Waals surface area contributed by atoms with Gasteiger partial charge in [-0.15, -0.1) is 0 Å². The molecule has 2 nitrogen and oxygen atoms in total. The van der Waals surface area contributed by atoms with Crippen molar-refractivity contribution in [1.29, 1.82) is 0 Å². The van der Waals surface area contributed by atoms with Gasteiger partial charge in [-0.1, -0.05) is 33.6 Å². The van der Waals surface area contributed by atoms with E-state index >= 15 is 0 Å². The topological polar surface area (TPSA) is 15.3 Å². The van der Waals surface area contributed by atoms with Crippen molar-refractivity contribution in [3.63, 3.8) is 0 Å². The Balaban J connectivity index is 2.27. The highest BCUT2D eigenvalue weighted by Crippen LogP contribution is 2.23. The maximum atomic E-state index is 3.59. The highest BCUT2D eigenvalue weighted by Gasteiger charge is 2.24. The van der Waals surface area contributed by atoms with E-state index in [1.165, 1.54) is 45.1 Å². The predicted molar refractivity (Wildman–Crippen MR) is 76.4 cm³/mol. The summed E-state index contributed by atoms with van der Waals surface area (Å²) in [6.45, 7) is 9.28. The summed E-state index contributed by atoms with van der Waals surface area (Å²) < 4.78 is 0. The normalized spacial score (nSPS) is 25.8. The van der Waals surface area contributed by atoms with Gasteiger partial charge in [-0.05, 0) is 45.2 Å². The van der Waals surface area contributed by atoms with Crippen LogP contribution in [0.5, 0.6) is 0 Å². The van der Waals surface area contributed by atoms with E-state index in [1.807, 2.05) is 0 Å². The lowest BCUT2D eigenvalue weighted by Crippen LogP contribution is -2.42. The maximum absolute atomic E-state index is 3.59. The minimum absolute atomic E-state index is 0.790. The Bertz CT molecular complexity index is 181. The fraction of sp³-hybridized carbons (Fsp3) is 1.00. The monoisotopic (exact) mass is 240 g/mol. The molecule has 0 spiro atoms. The number of nitrogens with one attached hydrogen (secondary N) is 1. The summed E-state index contributed by atoms with van der Waals surface area (Å²) in [5.41, 5.74) is 0. The summed E-state index contributed by atoms with van der Waals surface area (Å²) in [6, 6.07) is 1.63. The Morgan fingerprint density at radius 3 is 2.12 bits per heavy atom. The van der Waals surface area contributed by atoms with Gasteiger partial charge >= 0.3 is 0 Å². The van der Waals surface area contributed by atoms with Crippen LogP contribution in [-0.2, 0) is 0 Å². The van der Waals surface area contributed by atoms with E-state index in [1.54, 1.807) is 0 Å². The van der Waals surface area contributed by atoms with Crippen LogP contribution in [0.15, 0.2) is 0 Å². The molecule has 1 rings (SSSR count). The number of nitrogens with zero attached hydrogens (tertiary/aromatic N) is 1. The molecular formula is C15H32N2. The third-order valence-electron chi connectivity index (χ3n) is 4.51. The van der Waals surface area contributed by atoms with Crippen molar-refractivity contribution in [1.82, 2.24) is 10.2 Å². The molecule has 0 aromatic rings. The maximum Gasteiger partial charge on any atom is 0.00934 e. The molecule has 0 unspecified atom stereocenters. The van der Waals surface area contributed by atoms with Crippen molar-refractivity contribution < 1.29 is 0 Å². The Labute approximate surface area is 108 Å². The van der Waals surface area contributed by atoms with E-state index in [4.69, 9.17) is 0 Å². The van der Waals surface area contributed by atoms with Gasteiger partial charge in [-0.2, -0.15) is 0 Å². The van der Waals surface area contributed by atoms with Gasteiger partial charge in [0.2, 0.25) is 0 Å².